The molecule has 4 aromatic rings. The third-order valence-electron chi connectivity index (χ3n) is 6.20. The number of fused-ring (bicyclic) bond motifs is 1. The van der Waals surface area contributed by atoms with Crippen molar-refractivity contribution in [2.45, 2.75) is 38.3 Å². The number of alkyl halides is 3. The van der Waals surface area contributed by atoms with Gasteiger partial charge in [-0.2, -0.15) is 13.2 Å². The third kappa shape index (κ3) is 5.05. The summed E-state index contributed by atoms with van der Waals surface area (Å²) in [5.41, 5.74) is 3.25. The van der Waals surface area contributed by atoms with Crippen LogP contribution in [0, 0.1) is 5.92 Å². The van der Waals surface area contributed by atoms with Crippen LogP contribution in [0.5, 0.6) is 5.75 Å². The molecule has 0 aliphatic rings. The fourth-order valence-corrected chi connectivity index (χ4v) is 4.48. The topological polar surface area (TPSA) is 37.9 Å². The summed E-state index contributed by atoms with van der Waals surface area (Å²) < 4.78 is 48.1. The number of methoxy groups -OCH3 is 1. The first kappa shape index (κ1) is 22.9. The molecular formula is C27H27F3N2O. The monoisotopic (exact) mass is 452 g/mol. The number of nitrogens with zero attached hydrogens (tertiary/aromatic N) is 1. The van der Waals surface area contributed by atoms with Gasteiger partial charge in [0.15, 0.2) is 0 Å². The van der Waals surface area contributed by atoms with E-state index in [1.54, 1.807) is 31.6 Å². The number of ether oxygens (including phenoxy) is 1. The number of H-pyrrole nitrogens is 1. The minimum atomic E-state index is -4.34. The van der Waals surface area contributed by atoms with Crippen LogP contribution >= 0.6 is 0 Å². The molecule has 3 nitrogen and oxygen atoms in total. The van der Waals surface area contributed by atoms with Crippen LogP contribution < -0.4 is 4.74 Å². The van der Waals surface area contributed by atoms with Crippen molar-refractivity contribution in [3.8, 4) is 16.9 Å². The molecule has 0 radical (unpaired) electrons. The SMILES string of the molecule is COc1ccc(-c2ccccc2)cc1C(C)(C)CC(Cc1cc2ccncc2[nH]1)C(F)(F)F. The number of aromatic amines is 1. The lowest BCUT2D eigenvalue weighted by Gasteiger charge is -2.33. The average Bonchev–Trinajstić information content (AvgIpc) is 3.20. The second-order valence-corrected chi connectivity index (χ2v) is 9.07. The molecule has 1 unspecified atom stereocenters. The van der Waals surface area contributed by atoms with Gasteiger partial charge in [0.1, 0.15) is 5.75 Å². The fourth-order valence-electron chi connectivity index (χ4n) is 4.48. The second-order valence-electron chi connectivity index (χ2n) is 9.07. The Kier molecular flexibility index (Phi) is 6.19. The minimum Gasteiger partial charge on any atom is -0.496 e. The summed E-state index contributed by atoms with van der Waals surface area (Å²) in [7, 11) is 1.55. The first-order valence-electron chi connectivity index (χ1n) is 10.9. The summed E-state index contributed by atoms with van der Waals surface area (Å²) in [6.07, 6.45) is -1.26. The summed E-state index contributed by atoms with van der Waals surface area (Å²) in [6.45, 7) is 3.71. The third-order valence-corrected chi connectivity index (χ3v) is 6.20. The zero-order chi connectivity index (χ0) is 23.6. The molecular weight excluding hydrogens is 425 g/mol. The summed E-state index contributed by atoms with van der Waals surface area (Å²) in [4.78, 5) is 7.13. The van der Waals surface area contributed by atoms with Crippen molar-refractivity contribution in [2.75, 3.05) is 7.11 Å². The van der Waals surface area contributed by atoms with Crippen LogP contribution in [0.2, 0.25) is 0 Å². The molecule has 33 heavy (non-hydrogen) atoms. The van der Waals surface area contributed by atoms with Crippen molar-refractivity contribution in [1.29, 1.82) is 0 Å². The van der Waals surface area contributed by atoms with Crippen LogP contribution in [0.1, 0.15) is 31.5 Å². The van der Waals surface area contributed by atoms with Crippen molar-refractivity contribution in [2.24, 2.45) is 5.92 Å². The Bertz CT molecular complexity index is 1200. The molecule has 172 valence electrons. The quantitative estimate of drug-likeness (QED) is 0.319. The molecule has 0 aliphatic heterocycles. The predicted molar refractivity (Wildman–Crippen MR) is 125 cm³/mol. The number of pyridine rings is 1. The van der Waals surface area contributed by atoms with Gasteiger partial charge < -0.3 is 9.72 Å². The largest absolute Gasteiger partial charge is 0.496 e. The summed E-state index contributed by atoms with van der Waals surface area (Å²) in [5, 5.41) is 0.859. The molecule has 0 spiro atoms. The van der Waals surface area contributed by atoms with Crippen LogP contribution in [0.25, 0.3) is 22.0 Å². The normalized spacial score (nSPS) is 13.3. The lowest BCUT2D eigenvalue weighted by atomic mass is 9.74. The summed E-state index contributed by atoms with van der Waals surface area (Å²) in [5.74, 6) is -0.920. The van der Waals surface area contributed by atoms with Crippen molar-refractivity contribution < 1.29 is 17.9 Å². The van der Waals surface area contributed by atoms with Crippen LogP contribution in [0.4, 0.5) is 13.2 Å². The molecule has 6 heteroatoms. The maximum Gasteiger partial charge on any atom is 0.392 e. The second kappa shape index (κ2) is 8.93. The van der Waals surface area contributed by atoms with E-state index in [4.69, 9.17) is 4.74 Å². The van der Waals surface area contributed by atoms with Crippen LogP contribution in [0.3, 0.4) is 0 Å². The van der Waals surface area contributed by atoms with Crippen molar-refractivity contribution in [3.63, 3.8) is 0 Å². The van der Waals surface area contributed by atoms with Crippen LogP contribution in [-0.2, 0) is 11.8 Å². The molecule has 0 aliphatic carbocycles. The van der Waals surface area contributed by atoms with E-state index < -0.39 is 17.5 Å². The minimum absolute atomic E-state index is 0.0707. The molecule has 0 saturated carbocycles. The average molecular weight is 453 g/mol. The van der Waals surface area contributed by atoms with E-state index in [0.29, 0.717) is 11.4 Å². The highest BCUT2D eigenvalue weighted by molar-refractivity contribution is 5.79. The molecule has 0 bridgehead atoms. The van der Waals surface area contributed by atoms with E-state index >= 15 is 0 Å². The van der Waals surface area contributed by atoms with Crippen molar-refractivity contribution in [1.82, 2.24) is 9.97 Å². The van der Waals surface area contributed by atoms with Gasteiger partial charge in [-0.05, 0) is 53.6 Å². The lowest BCUT2D eigenvalue weighted by molar-refractivity contribution is -0.179. The number of halogens is 3. The number of aromatic nitrogens is 2. The summed E-state index contributed by atoms with van der Waals surface area (Å²) in [6, 6.07) is 19.1. The highest BCUT2D eigenvalue weighted by Crippen LogP contribution is 2.43. The first-order chi connectivity index (χ1) is 15.7. The van der Waals surface area contributed by atoms with Crippen molar-refractivity contribution in [3.05, 3.63) is 84.3 Å². The molecule has 0 amide bonds. The molecule has 1 N–H and O–H groups in total. The van der Waals surface area contributed by atoms with Gasteiger partial charge in [0.05, 0.1) is 24.7 Å². The van der Waals surface area contributed by atoms with E-state index in [2.05, 4.69) is 9.97 Å². The first-order valence-corrected chi connectivity index (χ1v) is 10.9. The Morgan fingerprint density at radius 3 is 2.39 bits per heavy atom. The maximum absolute atomic E-state index is 14.2. The Morgan fingerprint density at radius 2 is 1.73 bits per heavy atom. The van der Waals surface area contributed by atoms with Crippen LogP contribution in [0.15, 0.2) is 73.1 Å². The Morgan fingerprint density at radius 1 is 0.970 bits per heavy atom. The van der Waals surface area contributed by atoms with E-state index in [1.165, 1.54) is 0 Å². The number of benzene rings is 2. The fraction of sp³-hybridized carbons (Fsp3) is 0.296. The maximum atomic E-state index is 14.2. The van der Waals surface area contributed by atoms with Gasteiger partial charge in [0, 0.05) is 22.8 Å². The van der Waals surface area contributed by atoms with E-state index in [1.807, 2.05) is 62.4 Å². The zero-order valence-electron chi connectivity index (χ0n) is 18.9. The molecule has 4 rings (SSSR count). The van der Waals surface area contributed by atoms with Gasteiger partial charge in [0.2, 0.25) is 0 Å². The van der Waals surface area contributed by atoms with Gasteiger partial charge in [-0.15, -0.1) is 0 Å². The lowest BCUT2D eigenvalue weighted by Crippen LogP contribution is -2.32. The van der Waals surface area contributed by atoms with Crippen LogP contribution in [-0.4, -0.2) is 23.3 Å². The van der Waals surface area contributed by atoms with Gasteiger partial charge in [-0.1, -0.05) is 50.2 Å². The van der Waals surface area contributed by atoms with E-state index in [-0.39, 0.29) is 12.8 Å². The molecule has 1 atom stereocenters. The van der Waals surface area contributed by atoms with Gasteiger partial charge in [-0.3, -0.25) is 4.98 Å². The smallest absolute Gasteiger partial charge is 0.392 e. The van der Waals surface area contributed by atoms with Gasteiger partial charge in [-0.25, -0.2) is 0 Å². The molecule has 0 saturated heterocycles. The number of rotatable bonds is 7. The Hall–Kier alpha value is -3.28. The van der Waals surface area contributed by atoms with Gasteiger partial charge >= 0.3 is 6.18 Å². The Labute approximate surface area is 191 Å². The highest BCUT2D eigenvalue weighted by atomic mass is 19.4. The van der Waals surface area contributed by atoms with E-state index in [0.717, 1.165) is 27.6 Å². The zero-order valence-corrected chi connectivity index (χ0v) is 18.9. The molecule has 2 heterocycles. The van der Waals surface area contributed by atoms with E-state index in [9.17, 15) is 13.2 Å². The predicted octanol–water partition coefficient (Wildman–Crippen LogP) is 7.33. The number of hydrogen-bond donors (Lipinski definition) is 1. The number of nitrogens with one attached hydrogen (secondary N) is 1. The standard InChI is InChI=1S/C27H27F3N2O/c1-26(2,23-14-19(9-10-25(23)33-3)18-7-5-4-6-8-18)16-21(27(28,29)30)15-22-13-20-11-12-31-17-24(20)32-22/h4-14,17,21,32H,15-16H2,1-3H3. The Balaban J connectivity index is 1.67. The summed E-state index contributed by atoms with van der Waals surface area (Å²) >= 11 is 0. The van der Waals surface area contributed by atoms with Gasteiger partial charge in [0.25, 0.3) is 0 Å². The van der Waals surface area contributed by atoms with Crippen molar-refractivity contribution >= 4 is 10.9 Å². The molecule has 2 aromatic heterocycles. The highest BCUT2D eigenvalue weighted by Gasteiger charge is 2.43. The number of hydrogen-bond acceptors (Lipinski definition) is 2. The molecule has 0 fully saturated rings. The molecule has 2 aromatic carbocycles.